The van der Waals surface area contributed by atoms with E-state index < -0.39 is 0 Å². The van der Waals surface area contributed by atoms with Crippen molar-refractivity contribution in [1.29, 1.82) is 5.26 Å². The molecular formula is C12H17N5O. The van der Waals surface area contributed by atoms with E-state index in [1.165, 1.54) is 0 Å². The average molecular weight is 247 g/mol. The third-order valence-electron chi connectivity index (χ3n) is 3.15. The molecule has 0 bridgehead atoms. The Labute approximate surface area is 106 Å². The number of aromatic amines is 1. The molecule has 18 heavy (non-hydrogen) atoms. The van der Waals surface area contributed by atoms with Gasteiger partial charge >= 0.3 is 0 Å². The van der Waals surface area contributed by atoms with Gasteiger partial charge in [0, 0.05) is 12.6 Å². The number of carbonyl (C=O) groups excluding carboxylic acids is 1. The summed E-state index contributed by atoms with van der Waals surface area (Å²) in [5, 5.41) is 15.4. The van der Waals surface area contributed by atoms with E-state index in [1.807, 2.05) is 6.92 Å². The smallest absolute Gasteiger partial charge is 0.276 e. The summed E-state index contributed by atoms with van der Waals surface area (Å²) in [6, 6.07) is 2.32. The minimum atomic E-state index is -0.166. The molecule has 0 atom stereocenters. The van der Waals surface area contributed by atoms with Gasteiger partial charge in [-0.05, 0) is 19.3 Å². The zero-order valence-electron chi connectivity index (χ0n) is 10.4. The third kappa shape index (κ3) is 2.30. The highest BCUT2D eigenvalue weighted by Crippen LogP contribution is 2.29. The van der Waals surface area contributed by atoms with Gasteiger partial charge in [0.2, 0.25) is 0 Å². The number of aryl methyl sites for hydroxylation is 1. The molecular weight excluding hydrogens is 230 g/mol. The quantitative estimate of drug-likeness (QED) is 0.813. The Morgan fingerprint density at radius 2 is 2.39 bits per heavy atom. The van der Waals surface area contributed by atoms with E-state index in [4.69, 9.17) is 11.0 Å². The van der Waals surface area contributed by atoms with Crippen LogP contribution in [0.2, 0.25) is 0 Å². The topological polar surface area (TPSA) is 98.8 Å². The number of nitrogens with one attached hydrogen (secondary N) is 1. The Hall–Kier alpha value is -2.03. The summed E-state index contributed by atoms with van der Waals surface area (Å²) in [4.78, 5) is 14.1. The maximum Gasteiger partial charge on any atom is 0.276 e. The van der Waals surface area contributed by atoms with Gasteiger partial charge in [0.05, 0.1) is 23.9 Å². The summed E-state index contributed by atoms with van der Waals surface area (Å²) < 4.78 is 0. The number of nitrogen functional groups attached to an aromatic ring is 1. The van der Waals surface area contributed by atoms with Crippen LogP contribution in [0.25, 0.3) is 0 Å². The fourth-order valence-electron chi connectivity index (χ4n) is 1.96. The van der Waals surface area contributed by atoms with Crippen molar-refractivity contribution >= 4 is 11.6 Å². The number of nitriles is 1. The molecule has 1 aliphatic rings. The van der Waals surface area contributed by atoms with Crippen LogP contribution in [-0.2, 0) is 6.42 Å². The minimum absolute atomic E-state index is 0.166. The van der Waals surface area contributed by atoms with Crippen LogP contribution in [0.4, 0.5) is 5.69 Å². The van der Waals surface area contributed by atoms with Gasteiger partial charge in [-0.2, -0.15) is 10.4 Å². The van der Waals surface area contributed by atoms with Crippen LogP contribution in [0, 0.1) is 11.3 Å². The second-order valence-corrected chi connectivity index (χ2v) is 4.46. The summed E-state index contributed by atoms with van der Waals surface area (Å²) in [6.45, 7) is 2.40. The number of carbonyl (C=O) groups is 1. The van der Waals surface area contributed by atoms with Crippen LogP contribution in [0.5, 0.6) is 0 Å². The molecule has 0 aromatic carbocycles. The first-order chi connectivity index (χ1) is 8.69. The summed E-state index contributed by atoms with van der Waals surface area (Å²) in [5.41, 5.74) is 7.41. The molecule has 0 saturated heterocycles. The predicted octanol–water partition coefficient (Wildman–Crippen LogP) is 1.07. The predicted molar refractivity (Wildman–Crippen MR) is 66.7 cm³/mol. The number of aromatic nitrogens is 2. The number of H-pyrrole nitrogens is 1. The summed E-state index contributed by atoms with van der Waals surface area (Å²) in [6.07, 6.45) is 3.06. The number of nitrogens with zero attached hydrogens (tertiary/aromatic N) is 3. The van der Waals surface area contributed by atoms with Crippen molar-refractivity contribution in [3.05, 3.63) is 11.4 Å². The average Bonchev–Trinajstić information content (AvgIpc) is 3.13. The summed E-state index contributed by atoms with van der Waals surface area (Å²) >= 11 is 0. The first-order valence-electron chi connectivity index (χ1n) is 6.19. The highest BCUT2D eigenvalue weighted by atomic mass is 16.2. The molecule has 2 rings (SSSR count). The Morgan fingerprint density at radius 3 is 2.89 bits per heavy atom. The van der Waals surface area contributed by atoms with E-state index in [9.17, 15) is 4.79 Å². The molecule has 1 aliphatic carbocycles. The Morgan fingerprint density at radius 1 is 1.67 bits per heavy atom. The van der Waals surface area contributed by atoms with Crippen LogP contribution in [0.15, 0.2) is 0 Å². The molecule has 1 aromatic rings. The molecule has 1 heterocycles. The Kier molecular flexibility index (Phi) is 3.51. The first kappa shape index (κ1) is 12.4. The normalized spacial score (nSPS) is 14.2. The lowest BCUT2D eigenvalue weighted by Gasteiger charge is -2.20. The Balaban J connectivity index is 2.17. The van der Waals surface area contributed by atoms with Crippen molar-refractivity contribution in [2.24, 2.45) is 0 Å². The van der Waals surface area contributed by atoms with E-state index in [2.05, 4.69) is 16.3 Å². The van der Waals surface area contributed by atoms with Crippen molar-refractivity contribution < 1.29 is 4.79 Å². The number of hydrogen-bond acceptors (Lipinski definition) is 4. The van der Waals surface area contributed by atoms with E-state index in [0.29, 0.717) is 25.1 Å². The molecule has 6 nitrogen and oxygen atoms in total. The molecule has 1 fully saturated rings. The number of rotatable bonds is 5. The molecule has 1 aromatic heterocycles. The molecule has 0 radical (unpaired) electrons. The van der Waals surface area contributed by atoms with Crippen molar-refractivity contribution in [2.75, 3.05) is 12.3 Å². The van der Waals surface area contributed by atoms with E-state index in [1.54, 1.807) is 4.90 Å². The van der Waals surface area contributed by atoms with Crippen molar-refractivity contribution in [3.8, 4) is 6.07 Å². The highest BCUT2D eigenvalue weighted by Gasteiger charge is 2.34. The lowest BCUT2D eigenvalue weighted by molar-refractivity contribution is 0.0742. The van der Waals surface area contributed by atoms with Crippen LogP contribution in [-0.4, -0.2) is 33.6 Å². The maximum atomic E-state index is 12.3. The lowest BCUT2D eigenvalue weighted by Crippen LogP contribution is -2.34. The summed E-state index contributed by atoms with van der Waals surface area (Å²) in [7, 11) is 0. The Bertz CT molecular complexity index is 483. The zero-order chi connectivity index (χ0) is 13.1. The van der Waals surface area contributed by atoms with Crippen LogP contribution in [0.1, 0.15) is 42.4 Å². The van der Waals surface area contributed by atoms with Gasteiger partial charge in [-0.25, -0.2) is 0 Å². The van der Waals surface area contributed by atoms with Gasteiger partial charge in [-0.15, -0.1) is 0 Å². The standard InChI is InChI=1S/C12H17N5O/c1-2-9-10(14)11(16-15-9)12(18)17(7-3-6-13)8-4-5-8/h8H,2-5,7,14H2,1H3,(H,15,16). The SMILES string of the molecule is CCc1[nH]nc(C(=O)N(CCC#N)C2CC2)c1N. The maximum absolute atomic E-state index is 12.3. The molecule has 3 N–H and O–H groups in total. The first-order valence-corrected chi connectivity index (χ1v) is 6.19. The van der Waals surface area contributed by atoms with Gasteiger partial charge in [0.15, 0.2) is 5.69 Å². The second-order valence-electron chi connectivity index (χ2n) is 4.46. The van der Waals surface area contributed by atoms with Crippen molar-refractivity contribution in [1.82, 2.24) is 15.1 Å². The fourth-order valence-corrected chi connectivity index (χ4v) is 1.96. The highest BCUT2D eigenvalue weighted by molar-refractivity contribution is 5.98. The largest absolute Gasteiger partial charge is 0.395 e. The number of nitrogens with two attached hydrogens (primary N) is 1. The van der Waals surface area contributed by atoms with E-state index >= 15 is 0 Å². The summed E-state index contributed by atoms with van der Waals surface area (Å²) in [5.74, 6) is -0.166. The zero-order valence-corrected chi connectivity index (χ0v) is 10.4. The van der Waals surface area contributed by atoms with Crippen LogP contribution in [0.3, 0.4) is 0 Å². The number of amides is 1. The second kappa shape index (κ2) is 5.08. The monoisotopic (exact) mass is 247 g/mol. The molecule has 0 spiro atoms. The van der Waals surface area contributed by atoms with Crippen molar-refractivity contribution in [3.63, 3.8) is 0 Å². The molecule has 96 valence electrons. The third-order valence-corrected chi connectivity index (χ3v) is 3.15. The lowest BCUT2D eigenvalue weighted by atomic mass is 10.2. The van der Waals surface area contributed by atoms with Gasteiger partial charge in [0.25, 0.3) is 5.91 Å². The fraction of sp³-hybridized carbons (Fsp3) is 0.583. The van der Waals surface area contributed by atoms with Gasteiger partial charge in [0.1, 0.15) is 0 Å². The van der Waals surface area contributed by atoms with Crippen molar-refractivity contribution in [2.45, 2.75) is 38.6 Å². The van der Waals surface area contributed by atoms with Crippen LogP contribution < -0.4 is 5.73 Å². The van der Waals surface area contributed by atoms with E-state index in [-0.39, 0.29) is 17.6 Å². The van der Waals surface area contributed by atoms with Gasteiger partial charge < -0.3 is 10.6 Å². The molecule has 1 saturated carbocycles. The minimum Gasteiger partial charge on any atom is -0.395 e. The van der Waals surface area contributed by atoms with Gasteiger partial charge in [-0.1, -0.05) is 6.92 Å². The van der Waals surface area contributed by atoms with Gasteiger partial charge in [-0.3, -0.25) is 9.89 Å². The molecule has 1 amide bonds. The number of anilines is 1. The number of hydrogen-bond donors (Lipinski definition) is 2. The molecule has 6 heteroatoms. The van der Waals surface area contributed by atoms with E-state index in [0.717, 1.165) is 18.5 Å². The van der Waals surface area contributed by atoms with Crippen LogP contribution >= 0.6 is 0 Å². The molecule has 0 aliphatic heterocycles. The molecule has 0 unspecified atom stereocenters.